The minimum absolute atomic E-state index is 0.211. The molecule has 1 atom stereocenters. The number of alkyl halides is 3. The number of nitrogens with one attached hydrogen (secondary N) is 1. The number of hydrogen-bond acceptors (Lipinski definition) is 3. The van der Waals surface area contributed by atoms with Crippen LogP contribution in [0.5, 0.6) is 0 Å². The summed E-state index contributed by atoms with van der Waals surface area (Å²) in [6, 6.07) is 15.0. The number of carboxylic acid groups (broad SMARTS) is 1. The maximum atomic E-state index is 13.3. The van der Waals surface area contributed by atoms with Crippen LogP contribution >= 0.6 is 0 Å². The molecule has 0 aliphatic heterocycles. The molecular weight excluding hydrogens is 375 g/mol. The Morgan fingerprint density at radius 3 is 1.96 bits per heavy atom. The van der Waals surface area contributed by atoms with Crippen LogP contribution in [0.2, 0.25) is 0 Å². The highest BCUT2D eigenvalue weighted by atomic mass is 19.4. The van der Waals surface area contributed by atoms with Crippen molar-refractivity contribution in [2.75, 3.05) is 6.61 Å². The van der Waals surface area contributed by atoms with Crippen LogP contribution in [0.25, 0.3) is 11.1 Å². The molecule has 28 heavy (non-hydrogen) atoms. The number of fused-ring (bicyclic) bond motifs is 3. The number of halogens is 3. The molecule has 8 heteroatoms. The van der Waals surface area contributed by atoms with Crippen LogP contribution in [-0.2, 0) is 9.53 Å². The van der Waals surface area contributed by atoms with Crippen molar-refractivity contribution in [2.24, 2.45) is 0 Å². The van der Waals surface area contributed by atoms with Crippen molar-refractivity contribution in [1.82, 2.24) is 5.32 Å². The Kier molecular flexibility index (Phi) is 5.06. The second kappa shape index (κ2) is 7.18. The van der Waals surface area contributed by atoms with E-state index in [1.807, 2.05) is 48.5 Å². The van der Waals surface area contributed by atoms with Crippen LogP contribution in [0.15, 0.2) is 48.5 Å². The number of alkyl carbamates (subject to hydrolysis) is 1. The zero-order valence-electron chi connectivity index (χ0n) is 14.9. The first-order chi connectivity index (χ1) is 13.2. The third kappa shape index (κ3) is 3.19. The monoisotopic (exact) mass is 393 g/mol. The predicted octanol–water partition coefficient (Wildman–Crippen LogP) is 4.32. The highest BCUT2D eigenvalue weighted by Gasteiger charge is 2.61. The van der Waals surface area contributed by atoms with E-state index >= 15 is 0 Å². The third-order valence-corrected chi connectivity index (χ3v) is 5.04. The highest BCUT2D eigenvalue weighted by molar-refractivity contribution is 5.85. The highest BCUT2D eigenvalue weighted by Crippen LogP contribution is 2.44. The van der Waals surface area contributed by atoms with Gasteiger partial charge in [0.1, 0.15) is 6.61 Å². The number of benzene rings is 2. The molecule has 3 rings (SSSR count). The third-order valence-electron chi connectivity index (χ3n) is 5.04. The fourth-order valence-electron chi connectivity index (χ4n) is 3.49. The fraction of sp³-hybridized carbons (Fsp3) is 0.300. The van der Waals surface area contributed by atoms with E-state index in [1.165, 1.54) is 5.32 Å². The lowest BCUT2D eigenvalue weighted by Crippen LogP contribution is -2.63. The lowest BCUT2D eigenvalue weighted by molar-refractivity contribution is -0.209. The van der Waals surface area contributed by atoms with Gasteiger partial charge in [-0.1, -0.05) is 55.5 Å². The molecule has 1 unspecified atom stereocenters. The van der Waals surface area contributed by atoms with Crippen LogP contribution < -0.4 is 5.32 Å². The largest absolute Gasteiger partial charge is 0.479 e. The average Bonchev–Trinajstić information content (AvgIpc) is 2.97. The maximum Gasteiger partial charge on any atom is 0.422 e. The summed E-state index contributed by atoms with van der Waals surface area (Å²) < 4.78 is 44.8. The molecule has 0 radical (unpaired) electrons. The van der Waals surface area contributed by atoms with Crippen molar-refractivity contribution < 1.29 is 32.6 Å². The van der Waals surface area contributed by atoms with E-state index in [-0.39, 0.29) is 12.5 Å². The smallest absolute Gasteiger partial charge is 0.422 e. The van der Waals surface area contributed by atoms with Crippen molar-refractivity contribution >= 4 is 12.1 Å². The van der Waals surface area contributed by atoms with Gasteiger partial charge in [-0.3, -0.25) is 5.32 Å². The van der Waals surface area contributed by atoms with E-state index < -0.39 is 30.2 Å². The van der Waals surface area contributed by atoms with Crippen LogP contribution in [0.4, 0.5) is 18.0 Å². The first-order valence-electron chi connectivity index (χ1n) is 8.64. The van der Waals surface area contributed by atoms with Crippen LogP contribution in [0.1, 0.15) is 30.4 Å². The molecular formula is C20H18F3NO4. The molecule has 148 valence electrons. The summed E-state index contributed by atoms with van der Waals surface area (Å²) in [6.07, 6.45) is -7.46. The summed E-state index contributed by atoms with van der Waals surface area (Å²) in [5, 5.41) is 10.6. The molecule has 1 amide bonds. The average molecular weight is 393 g/mol. The number of carbonyl (C=O) groups excluding carboxylic acids is 1. The van der Waals surface area contributed by atoms with E-state index in [1.54, 1.807) is 0 Å². The van der Waals surface area contributed by atoms with E-state index in [2.05, 4.69) is 0 Å². The van der Waals surface area contributed by atoms with E-state index in [9.17, 15) is 22.8 Å². The van der Waals surface area contributed by atoms with E-state index in [4.69, 9.17) is 9.84 Å². The molecule has 1 aliphatic carbocycles. The van der Waals surface area contributed by atoms with Gasteiger partial charge in [0, 0.05) is 5.92 Å². The van der Waals surface area contributed by atoms with Gasteiger partial charge in [-0.15, -0.1) is 0 Å². The second-order valence-electron chi connectivity index (χ2n) is 6.51. The number of carboxylic acids is 1. The Labute approximate surface area is 159 Å². The molecule has 2 N–H and O–H groups in total. The number of ether oxygens (including phenoxy) is 1. The van der Waals surface area contributed by atoms with Crippen molar-refractivity contribution in [3.63, 3.8) is 0 Å². The number of carbonyl (C=O) groups is 2. The predicted molar refractivity (Wildman–Crippen MR) is 94.9 cm³/mol. The minimum Gasteiger partial charge on any atom is -0.479 e. The summed E-state index contributed by atoms with van der Waals surface area (Å²) in [5.74, 6) is -2.53. The fourth-order valence-corrected chi connectivity index (χ4v) is 3.49. The molecule has 1 aliphatic rings. The lowest BCUT2D eigenvalue weighted by Gasteiger charge is -2.31. The Morgan fingerprint density at radius 1 is 1.04 bits per heavy atom. The summed E-state index contributed by atoms with van der Waals surface area (Å²) >= 11 is 0. The Bertz CT molecular complexity index is 867. The van der Waals surface area contributed by atoms with Gasteiger partial charge in [0.2, 0.25) is 5.54 Å². The summed E-state index contributed by atoms with van der Waals surface area (Å²) in [5.41, 5.74) is 0.335. The number of hydrogen-bond donors (Lipinski definition) is 2. The zero-order chi connectivity index (χ0) is 20.5. The van der Waals surface area contributed by atoms with Crippen LogP contribution in [0.3, 0.4) is 0 Å². The van der Waals surface area contributed by atoms with Gasteiger partial charge in [-0.25, -0.2) is 9.59 Å². The molecule has 0 heterocycles. The van der Waals surface area contributed by atoms with Crippen molar-refractivity contribution in [3.8, 4) is 11.1 Å². The molecule has 0 fully saturated rings. The standard InChI is InChI=1S/C20H18F3NO4/c1-2-19(17(25)26,20(21,22)23)24-18(27)28-11-16-14-9-5-3-7-12(14)13-8-4-6-10-15(13)16/h3-10,16H,2,11H2,1H3,(H,24,27)(H,25,26). The minimum atomic E-state index is -5.17. The van der Waals surface area contributed by atoms with Gasteiger partial charge in [-0.2, -0.15) is 13.2 Å². The van der Waals surface area contributed by atoms with E-state index in [0.29, 0.717) is 0 Å². The summed E-state index contributed by atoms with van der Waals surface area (Å²) in [7, 11) is 0. The maximum absolute atomic E-state index is 13.3. The van der Waals surface area contributed by atoms with Gasteiger partial charge >= 0.3 is 18.2 Å². The van der Waals surface area contributed by atoms with Gasteiger partial charge in [0.15, 0.2) is 0 Å². The normalized spacial score (nSPS) is 15.3. The molecule has 2 aromatic carbocycles. The molecule has 5 nitrogen and oxygen atoms in total. The summed E-state index contributed by atoms with van der Waals surface area (Å²) in [4.78, 5) is 23.3. The Hall–Kier alpha value is -3.03. The first-order valence-corrected chi connectivity index (χ1v) is 8.64. The van der Waals surface area contributed by atoms with Gasteiger partial charge < -0.3 is 9.84 Å². The summed E-state index contributed by atoms with van der Waals surface area (Å²) in [6.45, 7) is 0.822. The zero-order valence-corrected chi connectivity index (χ0v) is 14.9. The second-order valence-corrected chi connectivity index (χ2v) is 6.51. The van der Waals surface area contributed by atoms with Crippen molar-refractivity contribution in [3.05, 3.63) is 59.7 Å². The molecule has 0 saturated carbocycles. The van der Waals surface area contributed by atoms with Gasteiger partial charge in [0.25, 0.3) is 0 Å². The topological polar surface area (TPSA) is 75.6 Å². The van der Waals surface area contributed by atoms with Gasteiger partial charge in [-0.05, 0) is 28.7 Å². The Morgan fingerprint density at radius 2 is 1.54 bits per heavy atom. The number of rotatable bonds is 5. The quantitative estimate of drug-likeness (QED) is 0.793. The van der Waals surface area contributed by atoms with Crippen LogP contribution in [-0.4, -0.2) is 35.5 Å². The molecule has 0 bridgehead atoms. The van der Waals surface area contributed by atoms with Crippen LogP contribution in [0, 0.1) is 0 Å². The SMILES string of the molecule is CCC(NC(=O)OCC1c2ccccc2-c2ccccc21)(C(=O)O)C(F)(F)F. The van der Waals surface area contributed by atoms with Crippen molar-refractivity contribution in [2.45, 2.75) is 31.0 Å². The van der Waals surface area contributed by atoms with E-state index in [0.717, 1.165) is 29.2 Å². The molecule has 0 aromatic heterocycles. The molecule has 0 spiro atoms. The number of aliphatic carboxylic acids is 1. The Balaban J connectivity index is 1.79. The molecule has 0 saturated heterocycles. The molecule has 2 aromatic rings. The van der Waals surface area contributed by atoms with Gasteiger partial charge in [0.05, 0.1) is 0 Å². The lowest BCUT2D eigenvalue weighted by atomic mass is 9.95. The first kappa shape index (κ1) is 19.7. The van der Waals surface area contributed by atoms with Crippen molar-refractivity contribution in [1.29, 1.82) is 0 Å². The number of amides is 1.